The van der Waals surface area contributed by atoms with Gasteiger partial charge in [0, 0.05) is 31.0 Å². The number of amides is 1. The number of hydrogen-bond donors (Lipinski definition) is 4. The van der Waals surface area contributed by atoms with Gasteiger partial charge in [-0.2, -0.15) is 0 Å². The van der Waals surface area contributed by atoms with Gasteiger partial charge in [-0.15, -0.1) is 12.4 Å². The van der Waals surface area contributed by atoms with Gasteiger partial charge in [-0.1, -0.05) is 38.1 Å². The number of carbonyl (C=O) groups excluding carboxylic acids is 1. The van der Waals surface area contributed by atoms with Gasteiger partial charge < -0.3 is 10.6 Å². The Labute approximate surface area is 162 Å². The Hall–Kier alpha value is -1.14. The second-order valence-electron chi connectivity index (χ2n) is 8.48. The molecule has 144 valence electrons. The summed E-state index contributed by atoms with van der Waals surface area (Å²) in [6.07, 6.45) is 3.38. The summed E-state index contributed by atoms with van der Waals surface area (Å²) in [6.45, 7) is 7.31. The Morgan fingerprint density at radius 2 is 2.04 bits per heavy atom. The molecule has 5 nitrogen and oxygen atoms in total. The zero-order valence-corrected chi connectivity index (χ0v) is 16.5. The van der Waals surface area contributed by atoms with Gasteiger partial charge in [-0.25, -0.2) is 5.43 Å². The van der Waals surface area contributed by atoms with Gasteiger partial charge in [0.2, 0.25) is 5.91 Å². The molecule has 4 N–H and O–H groups in total. The SMILES string of the molecule is CC1(C)CCC(CNC(=O)C2NNC3CCNCC32)c2ccccc21.Cl. The van der Waals surface area contributed by atoms with E-state index in [-0.39, 0.29) is 29.8 Å². The number of carbonyl (C=O) groups is 1. The van der Waals surface area contributed by atoms with Crippen molar-refractivity contribution in [1.82, 2.24) is 21.5 Å². The number of hydrazine groups is 1. The molecule has 0 radical (unpaired) electrons. The summed E-state index contributed by atoms with van der Waals surface area (Å²) in [7, 11) is 0. The predicted octanol–water partition coefficient (Wildman–Crippen LogP) is 1.83. The van der Waals surface area contributed by atoms with Crippen molar-refractivity contribution in [2.24, 2.45) is 5.92 Å². The highest BCUT2D eigenvalue weighted by atomic mass is 35.5. The molecule has 4 rings (SSSR count). The third kappa shape index (κ3) is 3.63. The number of halogens is 1. The molecule has 0 bridgehead atoms. The van der Waals surface area contributed by atoms with Gasteiger partial charge in [0.25, 0.3) is 0 Å². The molecule has 1 amide bonds. The third-order valence-electron chi connectivity index (χ3n) is 6.43. The van der Waals surface area contributed by atoms with Crippen LogP contribution in [0.15, 0.2) is 24.3 Å². The Morgan fingerprint density at radius 3 is 2.88 bits per heavy atom. The summed E-state index contributed by atoms with van der Waals surface area (Å²) in [5.41, 5.74) is 9.60. The second-order valence-corrected chi connectivity index (χ2v) is 8.48. The Morgan fingerprint density at radius 1 is 1.23 bits per heavy atom. The average Bonchev–Trinajstić information content (AvgIpc) is 3.05. The quantitative estimate of drug-likeness (QED) is 0.648. The van der Waals surface area contributed by atoms with E-state index in [1.54, 1.807) is 0 Å². The van der Waals surface area contributed by atoms with Crippen LogP contribution in [-0.4, -0.2) is 37.6 Å². The van der Waals surface area contributed by atoms with Crippen molar-refractivity contribution in [3.05, 3.63) is 35.4 Å². The maximum atomic E-state index is 12.7. The number of hydrogen-bond acceptors (Lipinski definition) is 4. The minimum atomic E-state index is -0.131. The first-order valence-corrected chi connectivity index (χ1v) is 9.65. The van der Waals surface area contributed by atoms with Crippen LogP contribution in [0.5, 0.6) is 0 Å². The van der Waals surface area contributed by atoms with E-state index in [4.69, 9.17) is 0 Å². The summed E-state index contributed by atoms with van der Waals surface area (Å²) < 4.78 is 0. The van der Waals surface area contributed by atoms with Crippen LogP contribution < -0.4 is 21.5 Å². The Kier molecular flexibility index (Phi) is 5.92. The van der Waals surface area contributed by atoms with Gasteiger partial charge in [-0.05, 0) is 42.3 Å². The second kappa shape index (κ2) is 7.85. The van der Waals surface area contributed by atoms with Crippen molar-refractivity contribution in [2.75, 3.05) is 19.6 Å². The van der Waals surface area contributed by atoms with E-state index in [0.29, 0.717) is 17.9 Å². The summed E-state index contributed by atoms with van der Waals surface area (Å²) in [4.78, 5) is 12.7. The highest BCUT2D eigenvalue weighted by Gasteiger charge is 2.41. The van der Waals surface area contributed by atoms with Crippen molar-refractivity contribution >= 4 is 18.3 Å². The minimum Gasteiger partial charge on any atom is -0.354 e. The van der Waals surface area contributed by atoms with E-state index in [0.717, 1.165) is 32.5 Å². The molecule has 26 heavy (non-hydrogen) atoms. The molecule has 4 unspecified atom stereocenters. The van der Waals surface area contributed by atoms with Gasteiger partial charge >= 0.3 is 0 Å². The maximum Gasteiger partial charge on any atom is 0.238 e. The van der Waals surface area contributed by atoms with Crippen LogP contribution in [0.25, 0.3) is 0 Å². The molecule has 0 spiro atoms. The lowest BCUT2D eigenvalue weighted by atomic mass is 9.69. The first kappa shape index (κ1) is 19.6. The van der Waals surface area contributed by atoms with E-state index in [2.05, 4.69) is 59.6 Å². The highest BCUT2D eigenvalue weighted by molar-refractivity contribution is 5.85. The van der Waals surface area contributed by atoms with Crippen LogP contribution in [0.1, 0.15) is 50.2 Å². The number of benzene rings is 1. The first-order chi connectivity index (χ1) is 12.1. The van der Waals surface area contributed by atoms with E-state index < -0.39 is 0 Å². The first-order valence-electron chi connectivity index (χ1n) is 9.65. The Balaban J connectivity index is 0.00000196. The topological polar surface area (TPSA) is 65.2 Å². The molecule has 2 fully saturated rings. The van der Waals surface area contributed by atoms with Crippen LogP contribution in [0.4, 0.5) is 0 Å². The van der Waals surface area contributed by atoms with Crippen molar-refractivity contribution < 1.29 is 4.79 Å². The number of nitrogens with one attached hydrogen (secondary N) is 4. The lowest BCUT2D eigenvalue weighted by Crippen LogP contribution is -2.50. The van der Waals surface area contributed by atoms with Crippen molar-refractivity contribution in [1.29, 1.82) is 0 Å². The lowest BCUT2D eigenvalue weighted by molar-refractivity contribution is -0.123. The zero-order chi connectivity index (χ0) is 17.4. The van der Waals surface area contributed by atoms with E-state index >= 15 is 0 Å². The summed E-state index contributed by atoms with van der Waals surface area (Å²) in [5, 5.41) is 6.63. The van der Waals surface area contributed by atoms with Crippen LogP contribution >= 0.6 is 12.4 Å². The van der Waals surface area contributed by atoms with Gasteiger partial charge in [0.1, 0.15) is 6.04 Å². The highest BCUT2D eigenvalue weighted by Crippen LogP contribution is 2.42. The number of fused-ring (bicyclic) bond motifs is 2. The number of rotatable bonds is 3. The molecule has 2 aliphatic heterocycles. The van der Waals surface area contributed by atoms with E-state index in [9.17, 15) is 4.79 Å². The summed E-state index contributed by atoms with van der Waals surface area (Å²) in [5.74, 6) is 0.889. The fraction of sp³-hybridized carbons (Fsp3) is 0.650. The summed E-state index contributed by atoms with van der Waals surface area (Å²) >= 11 is 0. The molecule has 2 saturated heterocycles. The van der Waals surface area contributed by atoms with Crippen molar-refractivity contribution in [3.63, 3.8) is 0 Å². The fourth-order valence-corrected chi connectivity index (χ4v) is 4.82. The average molecular weight is 379 g/mol. The van der Waals surface area contributed by atoms with Crippen LogP contribution in [0.2, 0.25) is 0 Å². The molecule has 6 heteroatoms. The maximum absolute atomic E-state index is 12.7. The monoisotopic (exact) mass is 378 g/mol. The molecule has 0 saturated carbocycles. The predicted molar refractivity (Wildman–Crippen MR) is 107 cm³/mol. The molecule has 1 aliphatic carbocycles. The molecule has 4 atom stereocenters. The molecular weight excluding hydrogens is 348 g/mol. The van der Waals surface area contributed by atoms with Crippen LogP contribution in [0.3, 0.4) is 0 Å². The molecule has 2 heterocycles. The summed E-state index contributed by atoms with van der Waals surface area (Å²) in [6, 6.07) is 9.02. The molecule has 0 aromatic heterocycles. The molecule has 1 aromatic carbocycles. The van der Waals surface area contributed by atoms with Crippen molar-refractivity contribution in [2.45, 2.75) is 56.5 Å². The molecular formula is C20H31ClN4O. The zero-order valence-electron chi connectivity index (χ0n) is 15.7. The van der Waals surface area contributed by atoms with Gasteiger partial charge in [-0.3, -0.25) is 10.2 Å². The molecule has 3 aliphatic rings. The standard InChI is InChI=1S/C20H30N4O.ClH/c1-20(2)9-7-13(14-5-3-4-6-16(14)20)11-22-19(25)18-15-12-21-10-8-17(15)23-24-18;/h3-6,13,15,17-18,21,23-24H,7-12H2,1-2H3,(H,22,25);1H. The van der Waals surface area contributed by atoms with Crippen molar-refractivity contribution in [3.8, 4) is 0 Å². The van der Waals surface area contributed by atoms with Crippen LogP contribution in [-0.2, 0) is 10.2 Å². The van der Waals surface area contributed by atoms with E-state index in [1.807, 2.05) is 0 Å². The lowest BCUT2D eigenvalue weighted by Gasteiger charge is -2.37. The van der Waals surface area contributed by atoms with Crippen LogP contribution in [0, 0.1) is 5.92 Å². The largest absolute Gasteiger partial charge is 0.354 e. The Bertz CT molecular complexity index is 650. The molecule has 1 aromatic rings. The van der Waals surface area contributed by atoms with Gasteiger partial charge in [0.15, 0.2) is 0 Å². The minimum absolute atomic E-state index is 0. The fourth-order valence-electron chi connectivity index (χ4n) is 4.82. The number of piperidine rings is 1. The normalized spacial score (nSPS) is 32.1. The smallest absolute Gasteiger partial charge is 0.238 e. The van der Waals surface area contributed by atoms with E-state index in [1.165, 1.54) is 17.5 Å². The van der Waals surface area contributed by atoms with Gasteiger partial charge in [0.05, 0.1) is 0 Å². The third-order valence-corrected chi connectivity index (χ3v) is 6.43.